The topological polar surface area (TPSA) is 166 Å². The minimum absolute atomic E-state index is 0.0678. The minimum Gasteiger partial charge on any atom is -0.394 e. The number of rotatable bonds is 4. The number of nitrogens with zero attached hydrogens (tertiary/aromatic N) is 5. The highest BCUT2D eigenvalue weighted by Crippen LogP contribution is 2.35. The number of fused-ring (bicyclic) bond motifs is 1. The molecule has 2 fully saturated rings. The Morgan fingerprint density at radius 3 is 2.48 bits per heavy atom. The molecule has 2 aromatic heterocycles. The van der Waals surface area contributed by atoms with Gasteiger partial charge in [-0.1, -0.05) is 0 Å². The molecule has 4 atom stereocenters. The van der Waals surface area contributed by atoms with E-state index in [0.29, 0.717) is 25.1 Å². The van der Waals surface area contributed by atoms with Crippen LogP contribution < -0.4 is 16.2 Å². The Balaban J connectivity index is 1.79. The Labute approximate surface area is 166 Å². The minimum atomic E-state index is -1.33. The molecule has 12 nitrogen and oxygen atoms in total. The van der Waals surface area contributed by atoms with Gasteiger partial charge < -0.3 is 30.7 Å². The molecular formula is C17H27N7O5. The summed E-state index contributed by atoms with van der Waals surface area (Å²) in [5.41, 5.74) is 5.45. The maximum Gasteiger partial charge on any atom is 0.280 e. The van der Waals surface area contributed by atoms with Gasteiger partial charge >= 0.3 is 0 Å². The molecule has 0 spiro atoms. The maximum atomic E-state index is 12.4. The monoisotopic (exact) mass is 409 g/mol. The van der Waals surface area contributed by atoms with Crippen LogP contribution in [0.15, 0.2) is 4.79 Å². The highest BCUT2D eigenvalue weighted by atomic mass is 16.6. The molecule has 12 heteroatoms. The van der Waals surface area contributed by atoms with Crippen LogP contribution in [0.2, 0.25) is 0 Å². The molecule has 4 heterocycles. The molecule has 2 aliphatic rings. The van der Waals surface area contributed by atoms with Crippen LogP contribution in [0.25, 0.3) is 11.2 Å². The van der Waals surface area contributed by atoms with E-state index in [1.54, 1.807) is 0 Å². The number of ether oxygens (including phenoxy) is 1. The van der Waals surface area contributed by atoms with Crippen LogP contribution in [0, 0.1) is 0 Å². The van der Waals surface area contributed by atoms with Crippen LogP contribution in [0.3, 0.4) is 0 Å². The molecule has 29 heavy (non-hydrogen) atoms. The number of piperazine rings is 1. The summed E-state index contributed by atoms with van der Waals surface area (Å²) in [4.78, 5) is 27.8. The highest BCUT2D eigenvalue weighted by molar-refractivity contribution is 5.75. The zero-order valence-corrected chi connectivity index (χ0v) is 16.4. The molecule has 0 aliphatic carbocycles. The van der Waals surface area contributed by atoms with Gasteiger partial charge in [0.1, 0.15) is 18.3 Å². The molecule has 0 radical (unpaired) electrons. The van der Waals surface area contributed by atoms with E-state index in [2.05, 4.69) is 33.7 Å². The van der Waals surface area contributed by atoms with E-state index in [1.165, 1.54) is 4.57 Å². The van der Waals surface area contributed by atoms with Crippen LogP contribution in [0.1, 0.15) is 20.1 Å². The number of anilines is 2. The number of aliphatic hydroxyl groups is 3. The van der Waals surface area contributed by atoms with Crippen LogP contribution in [0.5, 0.6) is 0 Å². The van der Waals surface area contributed by atoms with Gasteiger partial charge in [-0.25, -0.2) is 4.98 Å². The summed E-state index contributed by atoms with van der Waals surface area (Å²) in [6, 6.07) is 0.417. The number of hydrogen-bond acceptors (Lipinski definition) is 10. The average molecular weight is 409 g/mol. The summed E-state index contributed by atoms with van der Waals surface area (Å²) in [6.07, 6.45) is -4.65. The summed E-state index contributed by atoms with van der Waals surface area (Å²) >= 11 is 0. The second kappa shape index (κ2) is 7.54. The highest BCUT2D eigenvalue weighted by Gasteiger charge is 2.45. The lowest BCUT2D eigenvalue weighted by molar-refractivity contribution is -0.0505. The van der Waals surface area contributed by atoms with Crippen molar-refractivity contribution in [3.63, 3.8) is 0 Å². The third kappa shape index (κ3) is 3.36. The smallest absolute Gasteiger partial charge is 0.280 e. The third-order valence-corrected chi connectivity index (χ3v) is 5.65. The van der Waals surface area contributed by atoms with Crippen molar-refractivity contribution in [2.45, 2.75) is 44.4 Å². The van der Waals surface area contributed by atoms with Gasteiger partial charge in [0.25, 0.3) is 5.56 Å². The Kier molecular flexibility index (Phi) is 5.21. The molecule has 0 unspecified atom stereocenters. The van der Waals surface area contributed by atoms with E-state index >= 15 is 0 Å². The molecule has 0 aromatic carbocycles. The summed E-state index contributed by atoms with van der Waals surface area (Å²) in [5, 5.41) is 30.2. The number of aromatic nitrogens is 4. The van der Waals surface area contributed by atoms with Crippen LogP contribution >= 0.6 is 0 Å². The van der Waals surface area contributed by atoms with Gasteiger partial charge in [-0.2, -0.15) is 4.98 Å². The molecule has 0 saturated carbocycles. The van der Waals surface area contributed by atoms with Gasteiger partial charge in [0.05, 0.1) is 6.61 Å². The van der Waals surface area contributed by atoms with Gasteiger partial charge in [0.2, 0.25) is 11.9 Å². The third-order valence-electron chi connectivity index (χ3n) is 5.65. The first-order chi connectivity index (χ1) is 13.8. The summed E-state index contributed by atoms with van der Waals surface area (Å²) in [7, 11) is 0. The lowest BCUT2D eigenvalue weighted by Crippen LogP contribution is -2.49. The van der Waals surface area contributed by atoms with Gasteiger partial charge in [-0.15, -0.1) is 0 Å². The normalized spacial score (nSPS) is 28.7. The molecule has 2 aromatic rings. The van der Waals surface area contributed by atoms with Crippen molar-refractivity contribution in [2.75, 3.05) is 43.4 Å². The number of aliphatic hydroxyl groups excluding tert-OH is 3. The fourth-order valence-electron chi connectivity index (χ4n) is 3.98. The first-order valence-electron chi connectivity index (χ1n) is 9.71. The molecule has 6 N–H and O–H groups in total. The molecule has 160 valence electrons. The number of H-pyrrole nitrogens is 1. The Morgan fingerprint density at radius 2 is 1.90 bits per heavy atom. The summed E-state index contributed by atoms with van der Waals surface area (Å²) < 4.78 is 7.20. The summed E-state index contributed by atoms with van der Waals surface area (Å²) in [5.74, 6) is 0.313. The van der Waals surface area contributed by atoms with Crippen molar-refractivity contribution in [1.29, 1.82) is 0 Å². The number of nitrogen functional groups attached to an aromatic ring is 1. The van der Waals surface area contributed by atoms with Gasteiger partial charge in [0, 0.05) is 32.2 Å². The van der Waals surface area contributed by atoms with E-state index in [9.17, 15) is 20.1 Å². The molecule has 0 amide bonds. The zero-order valence-electron chi connectivity index (χ0n) is 16.4. The van der Waals surface area contributed by atoms with Crippen LogP contribution in [-0.4, -0.2) is 96.9 Å². The summed E-state index contributed by atoms with van der Waals surface area (Å²) in [6.45, 7) is 6.74. The largest absolute Gasteiger partial charge is 0.394 e. The van der Waals surface area contributed by atoms with Crippen molar-refractivity contribution in [3.8, 4) is 0 Å². The Bertz CT molecular complexity index is 936. The SMILES string of the molecule is CC(C)N1CCN(c2nc3c(=O)[nH]c(N)nc3n2[C@@H]2O[C@H](CO)[C@@H](O)[C@H]2O)CC1. The van der Waals surface area contributed by atoms with E-state index in [-0.39, 0.29) is 17.1 Å². The van der Waals surface area contributed by atoms with Crippen molar-refractivity contribution in [2.24, 2.45) is 0 Å². The quantitative estimate of drug-likeness (QED) is 0.375. The van der Waals surface area contributed by atoms with Crippen molar-refractivity contribution >= 4 is 23.1 Å². The standard InChI is InChI=1S/C17H27N7O5/c1-8(2)22-3-5-23(6-4-22)17-19-10-13(20-16(18)21-14(10)28)24(17)15-12(27)11(26)9(7-25)29-15/h8-9,11-12,15,25-27H,3-7H2,1-2H3,(H3,18,20,21,28)/t9-,11-,12-,15-/m1/s1. The number of aromatic amines is 1. The maximum absolute atomic E-state index is 12.4. The van der Waals surface area contributed by atoms with Crippen molar-refractivity contribution in [3.05, 3.63) is 10.4 Å². The lowest BCUT2D eigenvalue weighted by Gasteiger charge is -2.38. The Hall–Kier alpha value is -2.25. The van der Waals surface area contributed by atoms with E-state index < -0.39 is 36.7 Å². The van der Waals surface area contributed by atoms with E-state index in [0.717, 1.165) is 13.1 Å². The van der Waals surface area contributed by atoms with E-state index in [4.69, 9.17) is 10.5 Å². The van der Waals surface area contributed by atoms with Crippen molar-refractivity contribution < 1.29 is 20.1 Å². The molecule has 0 bridgehead atoms. The van der Waals surface area contributed by atoms with Crippen molar-refractivity contribution in [1.82, 2.24) is 24.4 Å². The fourth-order valence-corrected chi connectivity index (χ4v) is 3.98. The van der Waals surface area contributed by atoms with Gasteiger partial charge in [-0.3, -0.25) is 19.2 Å². The number of imidazole rings is 1. The lowest BCUT2D eigenvalue weighted by atomic mass is 10.1. The first kappa shape index (κ1) is 20.0. The van der Waals surface area contributed by atoms with Crippen LogP contribution in [-0.2, 0) is 4.74 Å². The predicted octanol–water partition coefficient (Wildman–Crippen LogP) is -2.16. The molecule has 2 saturated heterocycles. The molecular weight excluding hydrogens is 382 g/mol. The average Bonchev–Trinajstić information content (AvgIpc) is 3.20. The number of hydrogen-bond donors (Lipinski definition) is 5. The first-order valence-corrected chi connectivity index (χ1v) is 9.71. The van der Waals surface area contributed by atoms with E-state index in [1.807, 2.05) is 4.90 Å². The van der Waals surface area contributed by atoms with Crippen LogP contribution in [0.4, 0.5) is 11.9 Å². The predicted molar refractivity (Wildman–Crippen MR) is 104 cm³/mol. The number of nitrogens with one attached hydrogen (secondary N) is 1. The van der Waals surface area contributed by atoms with Gasteiger partial charge in [0.15, 0.2) is 17.4 Å². The second-order valence-electron chi connectivity index (χ2n) is 7.75. The molecule has 4 rings (SSSR count). The molecule has 2 aliphatic heterocycles. The van der Waals surface area contributed by atoms with Gasteiger partial charge in [-0.05, 0) is 13.8 Å². The second-order valence-corrected chi connectivity index (χ2v) is 7.75. The zero-order chi connectivity index (χ0) is 20.9. The number of nitrogens with two attached hydrogens (primary N) is 1. The Morgan fingerprint density at radius 1 is 1.21 bits per heavy atom. The fraction of sp³-hybridized carbons (Fsp3) is 0.706.